The summed E-state index contributed by atoms with van der Waals surface area (Å²) in [5.74, 6) is 1.12. The van der Waals surface area contributed by atoms with Crippen LogP contribution in [0.15, 0.2) is 42.5 Å². The second-order valence-corrected chi connectivity index (χ2v) is 6.70. The second-order valence-electron chi connectivity index (χ2n) is 6.70. The lowest BCUT2D eigenvalue weighted by Crippen LogP contribution is -2.50. The summed E-state index contributed by atoms with van der Waals surface area (Å²) in [4.78, 5) is 27.8. The summed E-state index contributed by atoms with van der Waals surface area (Å²) in [6, 6.07) is 12.8. The van der Waals surface area contributed by atoms with Crippen molar-refractivity contribution in [2.75, 3.05) is 55.9 Å². The SMILES string of the molecule is COc1ccc(NC(=O)N2CCN(c3ccc(NC(C)=O)cc3)CC2)c(OC)c1. The molecule has 2 aromatic carbocycles. The van der Waals surface area contributed by atoms with Crippen LogP contribution in [-0.4, -0.2) is 57.2 Å². The van der Waals surface area contributed by atoms with E-state index in [1.807, 2.05) is 24.3 Å². The summed E-state index contributed by atoms with van der Waals surface area (Å²) >= 11 is 0. The zero-order valence-corrected chi connectivity index (χ0v) is 16.9. The van der Waals surface area contributed by atoms with Crippen molar-refractivity contribution >= 4 is 29.0 Å². The zero-order chi connectivity index (χ0) is 20.8. The van der Waals surface area contributed by atoms with E-state index >= 15 is 0 Å². The van der Waals surface area contributed by atoms with Crippen molar-refractivity contribution in [1.82, 2.24) is 4.90 Å². The highest BCUT2D eigenvalue weighted by Crippen LogP contribution is 2.29. The molecule has 8 heteroatoms. The van der Waals surface area contributed by atoms with Crippen LogP contribution in [0, 0.1) is 0 Å². The summed E-state index contributed by atoms with van der Waals surface area (Å²) in [6.07, 6.45) is 0. The van der Waals surface area contributed by atoms with Crippen LogP contribution in [0.2, 0.25) is 0 Å². The Morgan fingerprint density at radius 1 is 0.897 bits per heavy atom. The number of amides is 3. The van der Waals surface area contributed by atoms with Crippen molar-refractivity contribution in [2.24, 2.45) is 0 Å². The number of ether oxygens (including phenoxy) is 2. The van der Waals surface area contributed by atoms with Gasteiger partial charge in [0.2, 0.25) is 5.91 Å². The predicted molar refractivity (Wildman–Crippen MR) is 113 cm³/mol. The molecule has 1 aliphatic heterocycles. The highest BCUT2D eigenvalue weighted by Gasteiger charge is 2.22. The number of hydrogen-bond acceptors (Lipinski definition) is 5. The van der Waals surface area contributed by atoms with Crippen molar-refractivity contribution < 1.29 is 19.1 Å². The van der Waals surface area contributed by atoms with Crippen molar-refractivity contribution in [3.8, 4) is 11.5 Å². The maximum atomic E-state index is 12.6. The largest absolute Gasteiger partial charge is 0.497 e. The van der Waals surface area contributed by atoms with Gasteiger partial charge in [0.05, 0.1) is 19.9 Å². The van der Waals surface area contributed by atoms with Crippen molar-refractivity contribution in [3.63, 3.8) is 0 Å². The third-order valence-corrected chi connectivity index (χ3v) is 4.77. The van der Waals surface area contributed by atoms with Gasteiger partial charge in [-0.3, -0.25) is 4.79 Å². The molecular formula is C21H26N4O4. The monoisotopic (exact) mass is 398 g/mol. The van der Waals surface area contributed by atoms with Crippen LogP contribution in [0.1, 0.15) is 6.92 Å². The first-order valence-corrected chi connectivity index (χ1v) is 9.40. The fourth-order valence-corrected chi connectivity index (χ4v) is 3.22. The van der Waals surface area contributed by atoms with E-state index < -0.39 is 0 Å². The van der Waals surface area contributed by atoms with Crippen molar-refractivity contribution in [3.05, 3.63) is 42.5 Å². The van der Waals surface area contributed by atoms with Crippen molar-refractivity contribution in [2.45, 2.75) is 6.92 Å². The maximum Gasteiger partial charge on any atom is 0.322 e. The molecule has 1 heterocycles. The number of hydrogen-bond donors (Lipinski definition) is 2. The van der Waals surface area contributed by atoms with Crippen LogP contribution in [0.25, 0.3) is 0 Å². The Hall–Kier alpha value is -3.42. The average molecular weight is 398 g/mol. The molecule has 0 bridgehead atoms. The zero-order valence-electron chi connectivity index (χ0n) is 16.9. The lowest BCUT2D eigenvalue weighted by molar-refractivity contribution is -0.114. The van der Waals surface area contributed by atoms with Crippen LogP contribution in [0.4, 0.5) is 21.9 Å². The van der Waals surface area contributed by atoms with E-state index in [1.165, 1.54) is 6.92 Å². The molecule has 1 saturated heterocycles. The molecule has 3 rings (SSSR count). The number of benzene rings is 2. The first-order valence-electron chi connectivity index (χ1n) is 9.40. The van der Waals surface area contributed by atoms with E-state index in [9.17, 15) is 9.59 Å². The van der Waals surface area contributed by atoms with Gasteiger partial charge in [-0.15, -0.1) is 0 Å². The Balaban J connectivity index is 1.56. The smallest absolute Gasteiger partial charge is 0.322 e. The molecule has 0 atom stereocenters. The molecule has 2 N–H and O–H groups in total. The number of methoxy groups -OCH3 is 2. The standard InChI is InChI=1S/C21H26N4O4/c1-15(26)22-16-4-6-17(7-5-16)24-10-12-25(13-11-24)21(27)23-19-9-8-18(28-2)14-20(19)29-3/h4-9,14H,10-13H2,1-3H3,(H,22,26)(H,23,27). The highest BCUT2D eigenvalue weighted by atomic mass is 16.5. The maximum absolute atomic E-state index is 12.6. The van der Waals surface area contributed by atoms with Gasteiger partial charge in [0, 0.05) is 50.5 Å². The quantitative estimate of drug-likeness (QED) is 0.809. The molecule has 0 saturated carbocycles. The Labute approximate surface area is 170 Å². The van der Waals surface area contributed by atoms with E-state index in [0.717, 1.165) is 24.5 Å². The van der Waals surface area contributed by atoms with Gasteiger partial charge < -0.3 is 29.9 Å². The normalized spacial score (nSPS) is 13.6. The topological polar surface area (TPSA) is 83.1 Å². The molecule has 154 valence electrons. The van der Waals surface area contributed by atoms with Gasteiger partial charge in [-0.25, -0.2) is 4.79 Å². The highest BCUT2D eigenvalue weighted by molar-refractivity contribution is 5.91. The minimum Gasteiger partial charge on any atom is -0.497 e. The molecule has 1 aliphatic rings. The van der Waals surface area contributed by atoms with Gasteiger partial charge in [-0.1, -0.05) is 0 Å². The van der Waals surface area contributed by atoms with E-state index in [2.05, 4.69) is 15.5 Å². The fourth-order valence-electron chi connectivity index (χ4n) is 3.22. The molecular weight excluding hydrogens is 372 g/mol. The fraction of sp³-hybridized carbons (Fsp3) is 0.333. The Morgan fingerprint density at radius 2 is 1.59 bits per heavy atom. The first kappa shape index (κ1) is 20.3. The van der Waals surface area contributed by atoms with Crippen LogP contribution >= 0.6 is 0 Å². The van der Waals surface area contributed by atoms with Gasteiger partial charge in [0.1, 0.15) is 11.5 Å². The summed E-state index contributed by atoms with van der Waals surface area (Å²) < 4.78 is 10.5. The summed E-state index contributed by atoms with van der Waals surface area (Å²) in [5.41, 5.74) is 2.44. The molecule has 0 aliphatic carbocycles. The second kappa shape index (κ2) is 9.18. The molecule has 2 aromatic rings. The third-order valence-electron chi connectivity index (χ3n) is 4.77. The van der Waals surface area contributed by atoms with Gasteiger partial charge >= 0.3 is 6.03 Å². The molecule has 0 unspecified atom stereocenters. The summed E-state index contributed by atoms with van der Waals surface area (Å²) in [7, 11) is 3.14. The number of rotatable bonds is 5. The third kappa shape index (κ3) is 5.10. The van der Waals surface area contributed by atoms with Crippen molar-refractivity contribution in [1.29, 1.82) is 0 Å². The number of nitrogens with one attached hydrogen (secondary N) is 2. The lowest BCUT2D eigenvalue weighted by Gasteiger charge is -2.36. The van der Waals surface area contributed by atoms with E-state index in [0.29, 0.717) is 30.3 Å². The molecule has 0 spiro atoms. The lowest BCUT2D eigenvalue weighted by atomic mass is 10.2. The number of urea groups is 1. The molecule has 29 heavy (non-hydrogen) atoms. The predicted octanol–water partition coefficient (Wildman–Crippen LogP) is 3.02. The van der Waals surface area contributed by atoms with Crippen LogP contribution < -0.4 is 25.0 Å². The first-order chi connectivity index (χ1) is 14.0. The Bertz CT molecular complexity index is 861. The summed E-state index contributed by atoms with van der Waals surface area (Å²) in [6.45, 7) is 4.16. The minimum atomic E-state index is -0.158. The van der Waals surface area contributed by atoms with Crippen LogP contribution in [0.5, 0.6) is 11.5 Å². The summed E-state index contributed by atoms with van der Waals surface area (Å²) in [5, 5.41) is 5.67. The van der Waals surface area contributed by atoms with Gasteiger partial charge in [0.25, 0.3) is 0 Å². The molecule has 8 nitrogen and oxygen atoms in total. The molecule has 0 aromatic heterocycles. The van der Waals surface area contributed by atoms with Crippen LogP contribution in [-0.2, 0) is 4.79 Å². The van der Waals surface area contributed by atoms with E-state index in [4.69, 9.17) is 9.47 Å². The number of carbonyl (C=O) groups is 2. The van der Waals surface area contributed by atoms with E-state index in [1.54, 1.807) is 37.3 Å². The van der Waals surface area contributed by atoms with Gasteiger partial charge in [0.15, 0.2) is 0 Å². The van der Waals surface area contributed by atoms with E-state index in [-0.39, 0.29) is 11.9 Å². The number of piperazine rings is 1. The minimum absolute atomic E-state index is 0.0918. The Morgan fingerprint density at radius 3 is 2.17 bits per heavy atom. The number of nitrogens with zero attached hydrogens (tertiary/aromatic N) is 2. The number of anilines is 3. The number of carbonyl (C=O) groups excluding carboxylic acids is 2. The average Bonchev–Trinajstić information content (AvgIpc) is 2.74. The molecule has 0 radical (unpaired) electrons. The Kier molecular flexibility index (Phi) is 6.43. The van der Waals surface area contributed by atoms with Gasteiger partial charge in [-0.2, -0.15) is 0 Å². The molecule has 3 amide bonds. The van der Waals surface area contributed by atoms with Crippen LogP contribution in [0.3, 0.4) is 0 Å². The molecule has 1 fully saturated rings. The van der Waals surface area contributed by atoms with Gasteiger partial charge in [-0.05, 0) is 36.4 Å².